The highest BCUT2D eigenvalue weighted by atomic mass is 16.5. The second-order valence-corrected chi connectivity index (χ2v) is 4.19. The molecule has 19 heavy (non-hydrogen) atoms. The van der Waals surface area contributed by atoms with E-state index in [1.54, 1.807) is 21.3 Å². The second-order valence-electron chi connectivity index (χ2n) is 4.19. The minimum atomic E-state index is -0.328. The van der Waals surface area contributed by atoms with Gasteiger partial charge in [-0.15, -0.1) is 0 Å². The highest BCUT2D eigenvalue weighted by Gasteiger charge is 2.15. The molecule has 0 aliphatic rings. The third-order valence-electron chi connectivity index (χ3n) is 2.95. The van der Waals surface area contributed by atoms with Crippen LogP contribution in [-0.4, -0.2) is 39.1 Å². The van der Waals surface area contributed by atoms with Crippen LogP contribution >= 0.6 is 0 Å². The number of methoxy groups -OCH3 is 3. The van der Waals surface area contributed by atoms with E-state index in [0.717, 1.165) is 12.0 Å². The first kappa shape index (κ1) is 15.6. The molecule has 0 saturated carbocycles. The SMILES string of the molecule is CCC(O)CNCc1ccc(OC)c(OC)c1OC. The Morgan fingerprint density at radius 3 is 2.32 bits per heavy atom. The van der Waals surface area contributed by atoms with Crippen molar-refractivity contribution in [2.75, 3.05) is 27.9 Å². The number of hydrogen-bond donors (Lipinski definition) is 2. The Labute approximate surface area is 114 Å². The number of rotatable bonds is 8. The van der Waals surface area contributed by atoms with E-state index in [1.165, 1.54) is 0 Å². The normalized spacial score (nSPS) is 12.1. The maximum atomic E-state index is 9.51. The van der Waals surface area contributed by atoms with Crippen LogP contribution in [0.15, 0.2) is 12.1 Å². The number of benzene rings is 1. The highest BCUT2D eigenvalue weighted by Crippen LogP contribution is 2.39. The van der Waals surface area contributed by atoms with Crippen LogP contribution in [0.5, 0.6) is 17.2 Å². The lowest BCUT2D eigenvalue weighted by Gasteiger charge is -2.16. The summed E-state index contributed by atoms with van der Waals surface area (Å²) < 4.78 is 15.9. The van der Waals surface area contributed by atoms with Gasteiger partial charge >= 0.3 is 0 Å². The van der Waals surface area contributed by atoms with Crippen molar-refractivity contribution in [3.05, 3.63) is 17.7 Å². The third-order valence-corrected chi connectivity index (χ3v) is 2.95. The molecule has 5 heteroatoms. The smallest absolute Gasteiger partial charge is 0.203 e. The predicted molar refractivity (Wildman–Crippen MR) is 74.1 cm³/mol. The van der Waals surface area contributed by atoms with Crippen LogP contribution in [0, 0.1) is 0 Å². The summed E-state index contributed by atoms with van der Waals surface area (Å²) >= 11 is 0. The molecule has 0 aliphatic carbocycles. The molecule has 0 bridgehead atoms. The number of ether oxygens (including phenoxy) is 3. The number of hydrogen-bond acceptors (Lipinski definition) is 5. The summed E-state index contributed by atoms with van der Waals surface area (Å²) in [6, 6.07) is 3.76. The zero-order chi connectivity index (χ0) is 14.3. The van der Waals surface area contributed by atoms with E-state index >= 15 is 0 Å². The van der Waals surface area contributed by atoms with Gasteiger partial charge in [-0.2, -0.15) is 0 Å². The molecule has 1 aromatic rings. The first-order chi connectivity index (χ1) is 9.17. The van der Waals surface area contributed by atoms with Gasteiger partial charge in [-0.05, 0) is 12.5 Å². The zero-order valence-corrected chi connectivity index (χ0v) is 12.0. The molecular formula is C14H23NO4. The largest absolute Gasteiger partial charge is 0.493 e. The Morgan fingerprint density at radius 1 is 1.11 bits per heavy atom. The fraction of sp³-hybridized carbons (Fsp3) is 0.571. The molecule has 0 radical (unpaired) electrons. The summed E-state index contributed by atoms with van der Waals surface area (Å²) in [5, 5.41) is 12.7. The van der Waals surface area contributed by atoms with Crippen molar-refractivity contribution in [1.29, 1.82) is 0 Å². The van der Waals surface area contributed by atoms with Crippen molar-refractivity contribution >= 4 is 0 Å². The number of aliphatic hydroxyl groups excluding tert-OH is 1. The second kappa shape index (κ2) is 7.86. The standard InChI is InChI=1S/C14H23NO4/c1-5-11(16)9-15-8-10-6-7-12(17-2)14(19-4)13(10)18-3/h6-7,11,15-16H,5,8-9H2,1-4H3. The van der Waals surface area contributed by atoms with Crippen LogP contribution in [-0.2, 0) is 6.54 Å². The summed E-state index contributed by atoms with van der Waals surface area (Å²) in [6.07, 6.45) is 0.405. The molecule has 0 aliphatic heterocycles. The van der Waals surface area contributed by atoms with Crippen molar-refractivity contribution < 1.29 is 19.3 Å². The number of nitrogens with one attached hydrogen (secondary N) is 1. The van der Waals surface area contributed by atoms with Crippen LogP contribution in [0.3, 0.4) is 0 Å². The molecule has 1 aromatic carbocycles. The van der Waals surface area contributed by atoms with E-state index in [2.05, 4.69) is 5.32 Å². The lowest BCUT2D eigenvalue weighted by Crippen LogP contribution is -2.25. The molecule has 2 N–H and O–H groups in total. The quantitative estimate of drug-likeness (QED) is 0.750. The monoisotopic (exact) mass is 269 g/mol. The Kier molecular flexibility index (Phi) is 6.45. The molecule has 0 spiro atoms. The van der Waals surface area contributed by atoms with Crippen LogP contribution < -0.4 is 19.5 Å². The zero-order valence-electron chi connectivity index (χ0n) is 12.0. The molecule has 1 rings (SSSR count). The lowest BCUT2D eigenvalue weighted by molar-refractivity contribution is 0.167. The molecule has 0 saturated heterocycles. The number of aliphatic hydroxyl groups is 1. The minimum Gasteiger partial charge on any atom is -0.493 e. The summed E-state index contributed by atoms with van der Waals surface area (Å²) in [7, 11) is 4.77. The minimum absolute atomic E-state index is 0.328. The molecule has 1 atom stereocenters. The van der Waals surface area contributed by atoms with Gasteiger partial charge in [-0.3, -0.25) is 0 Å². The Balaban J connectivity index is 2.83. The van der Waals surface area contributed by atoms with Crippen molar-refractivity contribution in [3.8, 4) is 17.2 Å². The van der Waals surface area contributed by atoms with Gasteiger partial charge in [0.2, 0.25) is 5.75 Å². The van der Waals surface area contributed by atoms with E-state index in [0.29, 0.717) is 30.3 Å². The molecule has 0 aromatic heterocycles. The van der Waals surface area contributed by atoms with E-state index in [1.807, 2.05) is 19.1 Å². The van der Waals surface area contributed by atoms with Gasteiger partial charge in [0.1, 0.15) is 0 Å². The average Bonchev–Trinajstić information content (AvgIpc) is 2.45. The predicted octanol–water partition coefficient (Wildman–Crippen LogP) is 1.57. The molecule has 5 nitrogen and oxygen atoms in total. The van der Waals surface area contributed by atoms with E-state index in [-0.39, 0.29) is 6.10 Å². The summed E-state index contributed by atoms with van der Waals surface area (Å²) in [6.45, 7) is 3.10. The van der Waals surface area contributed by atoms with Gasteiger partial charge < -0.3 is 24.6 Å². The maximum Gasteiger partial charge on any atom is 0.203 e. The van der Waals surface area contributed by atoms with Gasteiger partial charge in [0.05, 0.1) is 27.4 Å². The summed E-state index contributed by atoms with van der Waals surface area (Å²) in [4.78, 5) is 0. The van der Waals surface area contributed by atoms with Gasteiger partial charge in [-0.25, -0.2) is 0 Å². The van der Waals surface area contributed by atoms with Gasteiger partial charge in [0, 0.05) is 18.7 Å². The van der Waals surface area contributed by atoms with Crippen molar-refractivity contribution in [3.63, 3.8) is 0 Å². The molecule has 0 fully saturated rings. The van der Waals surface area contributed by atoms with Gasteiger partial charge in [0.15, 0.2) is 11.5 Å². The molecule has 1 unspecified atom stereocenters. The van der Waals surface area contributed by atoms with Crippen molar-refractivity contribution in [1.82, 2.24) is 5.32 Å². The van der Waals surface area contributed by atoms with Gasteiger partial charge in [-0.1, -0.05) is 13.0 Å². The third kappa shape index (κ3) is 4.01. The first-order valence-electron chi connectivity index (χ1n) is 6.34. The van der Waals surface area contributed by atoms with E-state index in [4.69, 9.17) is 14.2 Å². The summed E-state index contributed by atoms with van der Waals surface area (Å²) in [5.41, 5.74) is 0.962. The van der Waals surface area contributed by atoms with E-state index in [9.17, 15) is 5.11 Å². The van der Waals surface area contributed by atoms with Crippen LogP contribution in [0.1, 0.15) is 18.9 Å². The summed E-state index contributed by atoms with van der Waals surface area (Å²) in [5.74, 6) is 1.87. The highest BCUT2D eigenvalue weighted by molar-refractivity contribution is 5.55. The maximum absolute atomic E-state index is 9.51. The van der Waals surface area contributed by atoms with Crippen LogP contribution in [0.25, 0.3) is 0 Å². The topological polar surface area (TPSA) is 60.0 Å². The van der Waals surface area contributed by atoms with E-state index < -0.39 is 0 Å². The Hall–Kier alpha value is -1.46. The lowest BCUT2D eigenvalue weighted by atomic mass is 10.1. The Morgan fingerprint density at radius 2 is 1.79 bits per heavy atom. The van der Waals surface area contributed by atoms with Crippen molar-refractivity contribution in [2.45, 2.75) is 26.0 Å². The molecule has 0 heterocycles. The fourth-order valence-electron chi connectivity index (χ4n) is 1.82. The van der Waals surface area contributed by atoms with Crippen LogP contribution in [0.4, 0.5) is 0 Å². The molecular weight excluding hydrogens is 246 g/mol. The average molecular weight is 269 g/mol. The first-order valence-corrected chi connectivity index (χ1v) is 6.34. The van der Waals surface area contributed by atoms with Gasteiger partial charge in [0.25, 0.3) is 0 Å². The Bertz CT molecular complexity index is 395. The van der Waals surface area contributed by atoms with Crippen molar-refractivity contribution in [2.24, 2.45) is 0 Å². The van der Waals surface area contributed by atoms with Crippen LogP contribution in [0.2, 0.25) is 0 Å². The molecule has 0 amide bonds. The molecule has 108 valence electrons. The fourth-order valence-corrected chi connectivity index (χ4v) is 1.82.